The minimum atomic E-state index is -4.64. The molecule has 0 radical (unpaired) electrons. The van der Waals surface area contributed by atoms with Crippen LogP contribution in [0.4, 0.5) is 0 Å². The summed E-state index contributed by atoms with van der Waals surface area (Å²) >= 11 is 0. The van der Waals surface area contributed by atoms with Gasteiger partial charge in [0.25, 0.3) is 0 Å². The van der Waals surface area contributed by atoms with Crippen molar-refractivity contribution in [2.24, 2.45) is 0 Å². The summed E-state index contributed by atoms with van der Waals surface area (Å²) in [5, 5.41) is 20.1. The number of phenols is 2. The van der Waals surface area contributed by atoms with E-state index in [0.717, 1.165) is 10.8 Å². The van der Waals surface area contributed by atoms with E-state index >= 15 is 0 Å². The first-order valence-electron chi connectivity index (χ1n) is 4.46. The SMILES string of the molecule is O=P(O)(O)O.Oc1cc(O)c2ccccc2c1. The molecule has 0 fully saturated rings. The highest BCUT2D eigenvalue weighted by Crippen LogP contribution is 2.28. The lowest BCUT2D eigenvalue weighted by atomic mass is 10.1. The van der Waals surface area contributed by atoms with E-state index in [2.05, 4.69) is 0 Å². The van der Waals surface area contributed by atoms with Crippen molar-refractivity contribution in [2.75, 3.05) is 0 Å². The van der Waals surface area contributed by atoms with Crippen LogP contribution in [-0.2, 0) is 4.57 Å². The van der Waals surface area contributed by atoms with Gasteiger partial charge in [-0.2, -0.15) is 0 Å². The van der Waals surface area contributed by atoms with Gasteiger partial charge in [-0.05, 0) is 11.5 Å². The summed E-state index contributed by atoms with van der Waals surface area (Å²) in [4.78, 5) is 21.6. The van der Waals surface area contributed by atoms with Crippen molar-refractivity contribution in [3.05, 3.63) is 36.4 Å². The van der Waals surface area contributed by atoms with Crippen molar-refractivity contribution in [1.82, 2.24) is 0 Å². The summed E-state index contributed by atoms with van der Waals surface area (Å²) in [7, 11) is -4.64. The first-order valence-corrected chi connectivity index (χ1v) is 6.03. The number of fused-ring (bicyclic) bond motifs is 1. The van der Waals surface area contributed by atoms with E-state index in [1.807, 2.05) is 24.3 Å². The zero-order valence-electron chi connectivity index (χ0n) is 8.56. The minimum Gasteiger partial charge on any atom is -0.508 e. The van der Waals surface area contributed by atoms with Crippen LogP contribution in [0.25, 0.3) is 10.8 Å². The molecule has 7 heteroatoms. The van der Waals surface area contributed by atoms with Crippen molar-refractivity contribution < 1.29 is 29.5 Å². The second-order valence-electron chi connectivity index (χ2n) is 3.20. The van der Waals surface area contributed by atoms with E-state index in [-0.39, 0.29) is 11.5 Å². The molecule has 0 aromatic heterocycles. The van der Waals surface area contributed by atoms with E-state index < -0.39 is 7.82 Å². The van der Waals surface area contributed by atoms with Crippen LogP contribution < -0.4 is 0 Å². The minimum absolute atomic E-state index is 0.0891. The Kier molecular flexibility index (Phi) is 4.09. The normalized spacial score (nSPS) is 10.8. The van der Waals surface area contributed by atoms with Gasteiger partial charge in [0, 0.05) is 11.5 Å². The molecule has 92 valence electrons. The standard InChI is InChI=1S/C10H8O2.H3O4P/c11-8-5-7-3-1-2-4-9(7)10(12)6-8;1-5(2,3)4/h1-6,11-12H;(H3,1,2,3,4). The van der Waals surface area contributed by atoms with E-state index in [4.69, 9.17) is 24.4 Å². The van der Waals surface area contributed by atoms with Gasteiger partial charge in [0.2, 0.25) is 0 Å². The van der Waals surface area contributed by atoms with Crippen molar-refractivity contribution >= 4 is 18.6 Å². The third-order valence-electron chi connectivity index (χ3n) is 1.82. The Labute approximate surface area is 96.6 Å². The van der Waals surface area contributed by atoms with Gasteiger partial charge < -0.3 is 24.9 Å². The number of benzene rings is 2. The summed E-state index contributed by atoms with van der Waals surface area (Å²) in [6, 6.07) is 10.3. The number of aromatic hydroxyl groups is 2. The van der Waals surface area contributed by atoms with Gasteiger partial charge in [-0.3, -0.25) is 0 Å². The Balaban J connectivity index is 0.000000249. The third-order valence-corrected chi connectivity index (χ3v) is 1.82. The van der Waals surface area contributed by atoms with Gasteiger partial charge in [-0.25, -0.2) is 4.57 Å². The maximum Gasteiger partial charge on any atom is 0.466 e. The Morgan fingerprint density at radius 2 is 1.47 bits per heavy atom. The molecule has 2 aromatic carbocycles. The molecule has 2 rings (SSSR count). The lowest BCUT2D eigenvalue weighted by Crippen LogP contribution is -1.73. The maximum atomic E-state index is 9.39. The Morgan fingerprint density at radius 1 is 0.941 bits per heavy atom. The summed E-state index contributed by atoms with van der Waals surface area (Å²) < 4.78 is 8.88. The predicted molar refractivity (Wildman–Crippen MR) is 61.5 cm³/mol. The lowest BCUT2D eigenvalue weighted by Gasteiger charge is -2.00. The van der Waals surface area contributed by atoms with Crippen LogP contribution in [0.5, 0.6) is 11.5 Å². The van der Waals surface area contributed by atoms with Crippen LogP contribution >= 0.6 is 7.82 Å². The largest absolute Gasteiger partial charge is 0.508 e. The highest BCUT2D eigenvalue weighted by Gasteiger charge is 2.00. The Hall–Kier alpha value is -1.59. The second-order valence-corrected chi connectivity index (χ2v) is 4.23. The molecule has 5 N–H and O–H groups in total. The quantitative estimate of drug-likeness (QED) is 0.455. The van der Waals surface area contributed by atoms with E-state index in [1.54, 1.807) is 6.07 Å². The zero-order chi connectivity index (χ0) is 13.1. The number of phenolic OH excluding ortho intramolecular Hbond substituents is 2. The number of hydrogen-bond acceptors (Lipinski definition) is 3. The molecule has 0 heterocycles. The van der Waals surface area contributed by atoms with Crippen LogP contribution in [0.15, 0.2) is 36.4 Å². The molecule has 0 unspecified atom stereocenters. The Bertz CT molecular complexity index is 553. The average Bonchev–Trinajstić information content (AvgIpc) is 2.14. The highest BCUT2D eigenvalue weighted by atomic mass is 31.2. The smallest absolute Gasteiger partial charge is 0.466 e. The molecule has 6 nitrogen and oxygen atoms in total. The van der Waals surface area contributed by atoms with E-state index in [9.17, 15) is 5.11 Å². The maximum absolute atomic E-state index is 9.39. The van der Waals surface area contributed by atoms with E-state index in [0.29, 0.717) is 0 Å². The fraction of sp³-hybridized carbons (Fsp3) is 0. The number of phosphoric acid groups is 1. The highest BCUT2D eigenvalue weighted by molar-refractivity contribution is 7.45. The third kappa shape index (κ3) is 4.84. The first-order chi connectivity index (χ1) is 7.77. The molecule has 17 heavy (non-hydrogen) atoms. The molecule has 0 saturated heterocycles. The van der Waals surface area contributed by atoms with Crippen LogP contribution in [0.1, 0.15) is 0 Å². The topological polar surface area (TPSA) is 118 Å². The lowest BCUT2D eigenvalue weighted by molar-refractivity contribution is 0.275. The average molecular weight is 258 g/mol. The van der Waals surface area contributed by atoms with Gasteiger partial charge >= 0.3 is 7.82 Å². The monoisotopic (exact) mass is 258 g/mol. The summed E-state index contributed by atoms with van der Waals surface area (Å²) in [5.41, 5.74) is 0. The van der Waals surface area contributed by atoms with Crippen LogP contribution in [0.3, 0.4) is 0 Å². The zero-order valence-corrected chi connectivity index (χ0v) is 9.45. The van der Waals surface area contributed by atoms with Crippen LogP contribution in [-0.4, -0.2) is 24.9 Å². The fourth-order valence-electron chi connectivity index (χ4n) is 1.27. The van der Waals surface area contributed by atoms with Crippen molar-refractivity contribution in [2.45, 2.75) is 0 Å². The van der Waals surface area contributed by atoms with E-state index in [1.165, 1.54) is 6.07 Å². The van der Waals surface area contributed by atoms with Gasteiger partial charge in [0.15, 0.2) is 0 Å². The molecule has 0 aliphatic carbocycles. The predicted octanol–water partition coefficient (Wildman–Crippen LogP) is 1.32. The van der Waals surface area contributed by atoms with Gasteiger partial charge in [-0.1, -0.05) is 24.3 Å². The number of hydrogen-bond donors (Lipinski definition) is 5. The second kappa shape index (κ2) is 5.16. The first kappa shape index (κ1) is 13.5. The van der Waals surface area contributed by atoms with Crippen molar-refractivity contribution in [3.63, 3.8) is 0 Å². The molecular formula is C10H11O6P. The van der Waals surface area contributed by atoms with Gasteiger partial charge in [-0.15, -0.1) is 0 Å². The molecule has 0 spiro atoms. The van der Waals surface area contributed by atoms with Crippen molar-refractivity contribution in [3.8, 4) is 11.5 Å². The Morgan fingerprint density at radius 3 is 2.06 bits per heavy atom. The molecule has 0 saturated carbocycles. The van der Waals surface area contributed by atoms with Gasteiger partial charge in [0.05, 0.1) is 0 Å². The molecule has 0 amide bonds. The number of rotatable bonds is 0. The molecule has 0 atom stereocenters. The molecular weight excluding hydrogens is 247 g/mol. The van der Waals surface area contributed by atoms with Gasteiger partial charge in [0.1, 0.15) is 11.5 Å². The summed E-state index contributed by atoms with van der Waals surface area (Å²) in [5.74, 6) is 0.205. The summed E-state index contributed by atoms with van der Waals surface area (Å²) in [6.45, 7) is 0. The summed E-state index contributed by atoms with van der Waals surface area (Å²) in [6.07, 6.45) is 0. The molecule has 0 bridgehead atoms. The van der Waals surface area contributed by atoms with Crippen LogP contribution in [0.2, 0.25) is 0 Å². The van der Waals surface area contributed by atoms with Crippen LogP contribution in [0, 0.1) is 0 Å². The molecule has 0 aliphatic rings. The fourth-order valence-corrected chi connectivity index (χ4v) is 1.27. The molecule has 2 aromatic rings. The molecule has 0 aliphatic heterocycles. The van der Waals surface area contributed by atoms with Crippen molar-refractivity contribution in [1.29, 1.82) is 0 Å².